The Balaban J connectivity index is 1.64. The molecule has 4 rings (SSSR count). The van der Waals surface area contributed by atoms with E-state index in [1.54, 1.807) is 5.57 Å². The van der Waals surface area contributed by atoms with E-state index >= 15 is 0 Å². The standard InChI is InChI=1S/C20H32O/c1-13-4-7-17-16-6-5-14-12-15(21)8-10-20(14,3)18(16)9-11-19(13,17)2/h14-18,21H,1,4-12H2,2-3H3. The van der Waals surface area contributed by atoms with Gasteiger partial charge in [-0.1, -0.05) is 26.0 Å². The van der Waals surface area contributed by atoms with Crippen molar-refractivity contribution in [2.75, 3.05) is 0 Å². The molecule has 7 atom stereocenters. The molecule has 4 aliphatic rings. The Hall–Kier alpha value is -0.300. The fourth-order valence-electron chi connectivity index (χ4n) is 7.14. The van der Waals surface area contributed by atoms with Crippen LogP contribution in [0.5, 0.6) is 0 Å². The maximum absolute atomic E-state index is 10.1. The fraction of sp³-hybridized carbons (Fsp3) is 0.900. The summed E-state index contributed by atoms with van der Waals surface area (Å²) >= 11 is 0. The lowest BCUT2D eigenvalue weighted by molar-refractivity contribution is -0.116. The molecule has 0 aliphatic heterocycles. The van der Waals surface area contributed by atoms with E-state index in [0.29, 0.717) is 10.8 Å². The van der Waals surface area contributed by atoms with Crippen LogP contribution in [0.15, 0.2) is 12.2 Å². The summed E-state index contributed by atoms with van der Waals surface area (Å²) in [7, 11) is 0. The van der Waals surface area contributed by atoms with Crippen molar-refractivity contribution in [3.8, 4) is 0 Å². The predicted octanol–water partition coefficient (Wildman–Crippen LogP) is 4.95. The summed E-state index contributed by atoms with van der Waals surface area (Å²) in [5.74, 6) is 3.57. The van der Waals surface area contributed by atoms with Crippen LogP contribution in [-0.4, -0.2) is 11.2 Å². The zero-order valence-electron chi connectivity index (χ0n) is 13.9. The number of allylic oxidation sites excluding steroid dienone is 1. The Morgan fingerprint density at radius 2 is 1.81 bits per heavy atom. The first-order valence-electron chi connectivity index (χ1n) is 9.31. The second-order valence-corrected chi connectivity index (χ2v) is 9.18. The third kappa shape index (κ3) is 1.85. The normalized spacial score (nSPS) is 56.5. The van der Waals surface area contributed by atoms with E-state index in [9.17, 15) is 5.11 Å². The van der Waals surface area contributed by atoms with Gasteiger partial charge in [0.15, 0.2) is 0 Å². The van der Waals surface area contributed by atoms with Crippen molar-refractivity contribution in [3.05, 3.63) is 12.2 Å². The van der Waals surface area contributed by atoms with Crippen molar-refractivity contribution >= 4 is 0 Å². The number of hydrogen-bond donors (Lipinski definition) is 1. The largest absolute Gasteiger partial charge is 0.393 e. The molecule has 1 heteroatoms. The number of aliphatic hydroxyl groups excluding tert-OH is 1. The summed E-state index contributed by atoms with van der Waals surface area (Å²) in [5, 5.41) is 10.1. The van der Waals surface area contributed by atoms with Crippen LogP contribution in [0.25, 0.3) is 0 Å². The Labute approximate surface area is 130 Å². The van der Waals surface area contributed by atoms with E-state index in [1.807, 2.05) is 0 Å². The first-order valence-corrected chi connectivity index (χ1v) is 9.31. The summed E-state index contributed by atoms with van der Waals surface area (Å²) in [6.45, 7) is 9.52. The molecule has 1 N–H and O–H groups in total. The topological polar surface area (TPSA) is 20.2 Å². The Morgan fingerprint density at radius 3 is 2.62 bits per heavy atom. The van der Waals surface area contributed by atoms with Crippen LogP contribution in [0.3, 0.4) is 0 Å². The van der Waals surface area contributed by atoms with Gasteiger partial charge in [-0.25, -0.2) is 0 Å². The Bertz CT molecular complexity index is 455. The minimum Gasteiger partial charge on any atom is -0.393 e. The van der Waals surface area contributed by atoms with Crippen LogP contribution in [-0.2, 0) is 0 Å². The third-order valence-electron chi connectivity index (χ3n) is 8.59. The zero-order valence-corrected chi connectivity index (χ0v) is 13.9. The molecule has 118 valence electrons. The third-order valence-corrected chi connectivity index (χ3v) is 8.59. The van der Waals surface area contributed by atoms with Gasteiger partial charge in [-0.3, -0.25) is 0 Å². The lowest BCUT2D eigenvalue weighted by Gasteiger charge is -2.60. The second-order valence-electron chi connectivity index (χ2n) is 9.18. The molecule has 4 fully saturated rings. The molecule has 7 unspecified atom stereocenters. The fourth-order valence-corrected chi connectivity index (χ4v) is 7.14. The highest BCUT2D eigenvalue weighted by Gasteiger charge is 2.58. The van der Waals surface area contributed by atoms with E-state index in [4.69, 9.17) is 0 Å². The molecule has 0 saturated heterocycles. The first-order chi connectivity index (χ1) is 9.95. The van der Waals surface area contributed by atoms with Gasteiger partial charge >= 0.3 is 0 Å². The molecule has 0 radical (unpaired) electrons. The van der Waals surface area contributed by atoms with Crippen LogP contribution >= 0.6 is 0 Å². The van der Waals surface area contributed by atoms with Crippen LogP contribution in [0, 0.1) is 34.5 Å². The van der Waals surface area contributed by atoms with Crippen LogP contribution in [0.2, 0.25) is 0 Å². The predicted molar refractivity (Wildman–Crippen MR) is 86.9 cm³/mol. The van der Waals surface area contributed by atoms with Crippen molar-refractivity contribution in [3.63, 3.8) is 0 Å². The number of aliphatic hydroxyl groups is 1. The van der Waals surface area contributed by atoms with Gasteiger partial charge in [0, 0.05) is 0 Å². The maximum atomic E-state index is 10.1. The van der Waals surface area contributed by atoms with Gasteiger partial charge in [-0.15, -0.1) is 0 Å². The zero-order chi connectivity index (χ0) is 14.8. The van der Waals surface area contributed by atoms with Gasteiger partial charge in [-0.05, 0) is 92.3 Å². The van der Waals surface area contributed by atoms with Crippen molar-refractivity contribution in [2.24, 2.45) is 34.5 Å². The summed E-state index contributed by atoms with van der Waals surface area (Å²) in [6, 6.07) is 0. The maximum Gasteiger partial charge on any atom is 0.0543 e. The van der Waals surface area contributed by atoms with E-state index in [0.717, 1.165) is 36.5 Å². The van der Waals surface area contributed by atoms with Crippen molar-refractivity contribution < 1.29 is 5.11 Å². The SMILES string of the molecule is C=C1CCC2C3CCC4CC(O)CCC4(C)C3CCC12C. The van der Waals surface area contributed by atoms with Gasteiger partial charge in [-0.2, -0.15) is 0 Å². The average molecular weight is 288 g/mol. The monoisotopic (exact) mass is 288 g/mol. The van der Waals surface area contributed by atoms with E-state index in [2.05, 4.69) is 20.4 Å². The Kier molecular flexibility index (Phi) is 3.13. The molecular formula is C20H32O. The van der Waals surface area contributed by atoms with E-state index in [1.165, 1.54) is 44.9 Å². The van der Waals surface area contributed by atoms with E-state index in [-0.39, 0.29) is 6.10 Å². The van der Waals surface area contributed by atoms with Gasteiger partial charge in [0.2, 0.25) is 0 Å². The summed E-state index contributed by atoms with van der Waals surface area (Å²) in [4.78, 5) is 0. The van der Waals surface area contributed by atoms with Gasteiger partial charge in [0.1, 0.15) is 0 Å². The number of rotatable bonds is 0. The smallest absolute Gasteiger partial charge is 0.0543 e. The highest BCUT2D eigenvalue weighted by atomic mass is 16.3. The summed E-state index contributed by atoms with van der Waals surface area (Å²) in [5.41, 5.74) is 2.53. The quantitative estimate of drug-likeness (QED) is 0.626. The van der Waals surface area contributed by atoms with Gasteiger partial charge in [0.25, 0.3) is 0 Å². The molecule has 0 heterocycles. The molecule has 0 bridgehead atoms. The second kappa shape index (κ2) is 4.60. The van der Waals surface area contributed by atoms with E-state index < -0.39 is 0 Å². The molecule has 0 aromatic rings. The molecule has 1 nitrogen and oxygen atoms in total. The number of fused-ring (bicyclic) bond motifs is 5. The average Bonchev–Trinajstić information content (AvgIpc) is 2.76. The lowest BCUT2D eigenvalue weighted by atomic mass is 9.45. The molecule has 0 spiro atoms. The van der Waals surface area contributed by atoms with Crippen molar-refractivity contribution in [2.45, 2.75) is 77.7 Å². The van der Waals surface area contributed by atoms with Gasteiger partial charge < -0.3 is 5.11 Å². The molecule has 0 aromatic carbocycles. The van der Waals surface area contributed by atoms with Crippen molar-refractivity contribution in [1.29, 1.82) is 0 Å². The van der Waals surface area contributed by atoms with Crippen LogP contribution < -0.4 is 0 Å². The summed E-state index contributed by atoms with van der Waals surface area (Å²) < 4.78 is 0. The van der Waals surface area contributed by atoms with Crippen LogP contribution in [0.4, 0.5) is 0 Å². The molecular weight excluding hydrogens is 256 g/mol. The lowest BCUT2D eigenvalue weighted by Crippen LogP contribution is -2.53. The highest BCUT2D eigenvalue weighted by Crippen LogP contribution is 2.67. The molecule has 21 heavy (non-hydrogen) atoms. The minimum atomic E-state index is -0.0141. The van der Waals surface area contributed by atoms with Crippen molar-refractivity contribution in [1.82, 2.24) is 0 Å². The summed E-state index contributed by atoms with van der Waals surface area (Å²) in [6.07, 6.45) is 11.6. The minimum absolute atomic E-state index is 0.0141. The van der Waals surface area contributed by atoms with Crippen LogP contribution in [0.1, 0.15) is 71.6 Å². The molecule has 0 amide bonds. The Morgan fingerprint density at radius 1 is 1.00 bits per heavy atom. The highest BCUT2D eigenvalue weighted by molar-refractivity contribution is 5.21. The molecule has 4 aliphatic carbocycles. The number of hydrogen-bond acceptors (Lipinski definition) is 1. The van der Waals surface area contributed by atoms with Gasteiger partial charge in [0.05, 0.1) is 6.10 Å². The molecule has 4 saturated carbocycles. The first kappa shape index (κ1) is 14.3. The molecule has 0 aromatic heterocycles.